The average Bonchev–Trinajstić information content (AvgIpc) is 3.46. The first-order valence-electron chi connectivity index (χ1n) is 12.3. The minimum Gasteiger partial charge on any atom is -1.00 e. The summed E-state index contributed by atoms with van der Waals surface area (Å²) in [6, 6.07) is 43.1. The van der Waals surface area contributed by atoms with Crippen molar-refractivity contribution in [3.05, 3.63) is 132 Å². The molecule has 0 bridgehead atoms. The van der Waals surface area contributed by atoms with E-state index in [1.54, 1.807) is 0 Å². The first kappa shape index (κ1) is 33.5. The fourth-order valence-electron chi connectivity index (χ4n) is 4.51. The number of hydrogen-bond donors (Lipinski definition) is 0. The molecule has 0 saturated heterocycles. The second kappa shape index (κ2) is 16.4. The van der Waals surface area contributed by atoms with E-state index in [1.165, 1.54) is 54.9 Å². The molecule has 0 spiro atoms. The summed E-state index contributed by atoms with van der Waals surface area (Å²) in [7, 11) is 0.750. The van der Waals surface area contributed by atoms with Gasteiger partial charge in [0.05, 0.1) is 0 Å². The summed E-state index contributed by atoms with van der Waals surface area (Å²) in [6.45, 7) is 8.71. The van der Waals surface area contributed by atoms with E-state index in [0.29, 0.717) is 0 Å². The van der Waals surface area contributed by atoms with Crippen LogP contribution in [-0.4, -0.2) is 9.52 Å². The van der Waals surface area contributed by atoms with E-state index in [-0.39, 0.29) is 42.2 Å². The van der Waals surface area contributed by atoms with Crippen molar-refractivity contribution in [3.8, 4) is 22.3 Å². The Hall–Kier alpha value is -2.57. The molecule has 0 aliphatic heterocycles. The van der Waals surface area contributed by atoms with Gasteiger partial charge in [-0.05, 0) is 11.1 Å². The van der Waals surface area contributed by atoms with E-state index in [4.69, 9.17) is 0 Å². The number of hydrogen-bond acceptors (Lipinski definition) is 0. The molecule has 0 amide bonds. The molecule has 0 fully saturated rings. The van der Waals surface area contributed by atoms with Crippen molar-refractivity contribution in [3.63, 3.8) is 0 Å². The van der Waals surface area contributed by atoms with Crippen LogP contribution in [0.15, 0.2) is 121 Å². The van der Waals surface area contributed by atoms with Crippen LogP contribution in [-0.2, 0) is 17.4 Å². The third-order valence-electron chi connectivity index (χ3n) is 5.96. The molecule has 38 heavy (non-hydrogen) atoms. The molecular formula is C34H33Cl2CrSi. The van der Waals surface area contributed by atoms with Crippen molar-refractivity contribution < 1.29 is 42.2 Å². The van der Waals surface area contributed by atoms with Crippen LogP contribution < -0.4 is 24.8 Å². The van der Waals surface area contributed by atoms with Crippen LogP contribution in [0.1, 0.15) is 11.1 Å². The Balaban J connectivity index is 0.000000322. The van der Waals surface area contributed by atoms with Gasteiger partial charge in [0.15, 0.2) is 0 Å². The van der Waals surface area contributed by atoms with Gasteiger partial charge in [0.1, 0.15) is 0 Å². The topological polar surface area (TPSA) is 0 Å². The number of halogens is 2. The van der Waals surface area contributed by atoms with Crippen LogP contribution in [0.3, 0.4) is 0 Å². The molecule has 0 saturated carbocycles. The van der Waals surface area contributed by atoms with E-state index in [9.17, 15) is 0 Å². The Labute approximate surface area is 253 Å². The maximum absolute atomic E-state index is 2.26. The maximum atomic E-state index is 2.26. The molecule has 1 radical (unpaired) electrons. The molecule has 0 aliphatic carbocycles. The summed E-state index contributed by atoms with van der Waals surface area (Å²) in [5.74, 6) is 0. The molecule has 193 valence electrons. The van der Waals surface area contributed by atoms with Crippen molar-refractivity contribution in [2.75, 3.05) is 0 Å². The number of aryl methyl sites for hydroxylation is 2. The van der Waals surface area contributed by atoms with E-state index in [0.717, 1.165) is 9.52 Å². The number of benzene rings is 4. The van der Waals surface area contributed by atoms with Crippen molar-refractivity contribution >= 4 is 31.1 Å². The van der Waals surface area contributed by atoms with Crippen LogP contribution in [0.2, 0.25) is 13.1 Å². The normalized spacial score (nSPS) is 9.58. The quantitative estimate of drug-likeness (QED) is 0.213. The van der Waals surface area contributed by atoms with Crippen LogP contribution >= 0.6 is 0 Å². The molecule has 0 nitrogen and oxygen atoms in total. The zero-order valence-electron chi connectivity index (χ0n) is 22.3. The zero-order valence-corrected chi connectivity index (χ0v) is 26.2. The van der Waals surface area contributed by atoms with Gasteiger partial charge in [-0.25, -0.2) is 0 Å². The summed E-state index contributed by atoms with van der Waals surface area (Å²) >= 11 is 0. The summed E-state index contributed by atoms with van der Waals surface area (Å²) in [5, 5.41) is 5.37. The predicted molar refractivity (Wildman–Crippen MR) is 158 cm³/mol. The van der Waals surface area contributed by atoms with Crippen molar-refractivity contribution in [2.45, 2.75) is 26.9 Å². The van der Waals surface area contributed by atoms with Crippen molar-refractivity contribution in [2.24, 2.45) is 0 Å². The van der Waals surface area contributed by atoms with Gasteiger partial charge in [-0.1, -0.05) is 111 Å². The largest absolute Gasteiger partial charge is 4.00 e. The molecule has 6 aromatic rings. The van der Waals surface area contributed by atoms with Gasteiger partial charge in [-0.3, -0.25) is 0 Å². The van der Waals surface area contributed by atoms with Crippen LogP contribution in [0, 0.1) is 13.8 Å². The Morgan fingerprint density at radius 3 is 1.18 bits per heavy atom. The van der Waals surface area contributed by atoms with Gasteiger partial charge in [0.25, 0.3) is 0 Å². The Bertz CT molecular complexity index is 1390. The predicted octanol–water partition coefficient (Wildman–Crippen LogP) is 3.59. The zero-order chi connectivity index (χ0) is 24.6. The van der Waals surface area contributed by atoms with E-state index < -0.39 is 0 Å². The van der Waals surface area contributed by atoms with Crippen molar-refractivity contribution in [1.82, 2.24) is 0 Å². The fraction of sp³-hybridized carbons (Fsp3) is 0.118. The second-order valence-electron chi connectivity index (χ2n) is 8.99. The SMILES string of the molecule is C[SiH]C.Cc1cc2c(-c3ccccc3)cccc2[cH-]1.Cc1cc2c(-c3ccccc3)cccc2[cH-]1.[Cl-].[Cl-].[Cr+4]. The molecule has 0 heterocycles. The van der Waals surface area contributed by atoms with Gasteiger partial charge in [0.2, 0.25) is 0 Å². The smallest absolute Gasteiger partial charge is 1.00 e. The van der Waals surface area contributed by atoms with Gasteiger partial charge >= 0.3 is 17.4 Å². The summed E-state index contributed by atoms with van der Waals surface area (Å²) in [6.07, 6.45) is 0. The summed E-state index contributed by atoms with van der Waals surface area (Å²) in [5.41, 5.74) is 7.89. The van der Waals surface area contributed by atoms with E-state index in [1.807, 2.05) is 0 Å². The van der Waals surface area contributed by atoms with Gasteiger partial charge in [0, 0.05) is 9.52 Å². The average molecular weight is 593 g/mol. The molecular weight excluding hydrogens is 559 g/mol. The van der Waals surface area contributed by atoms with E-state index >= 15 is 0 Å². The van der Waals surface area contributed by atoms with E-state index in [2.05, 4.69) is 148 Å². The third-order valence-corrected chi connectivity index (χ3v) is 5.96. The monoisotopic (exact) mass is 591 g/mol. The minimum absolute atomic E-state index is 0. The standard InChI is InChI=1S/2C16H13.C2H7Si.2ClH.Cr/c2*1-12-10-14-8-5-9-15(16(14)11-12)13-6-3-2-4-7-13;1-3-2;;;/h2*2-11H,1H3;3H,1-2H3;2*1H;/q2*-1;;;;+4/p-2. The minimum atomic E-state index is 0. The molecule has 0 aliphatic rings. The van der Waals surface area contributed by atoms with Gasteiger partial charge < -0.3 is 24.8 Å². The van der Waals surface area contributed by atoms with Gasteiger partial charge in [-0.2, -0.15) is 12.1 Å². The molecule has 4 heteroatoms. The summed E-state index contributed by atoms with van der Waals surface area (Å²) in [4.78, 5) is 0. The molecule has 0 aromatic heterocycles. The maximum Gasteiger partial charge on any atom is 4.00 e. The summed E-state index contributed by atoms with van der Waals surface area (Å²) < 4.78 is 0. The van der Waals surface area contributed by atoms with Crippen LogP contribution in [0.4, 0.5) is 0 Å². The Morgan fingerprint density at radius 2 is 0.842 bits per heavy atom. The number of fused-ring (bicyclic) bond motifs is 2. The first-order valence-corrected chi connectivity index (χ1v) is 14.6. The molecule has 6 rings (SSSR count). The molecule has 0 atom stereocenters. The Kier molecular flexibility index (Phi) is 14.4. The molecule has 6 aromatic carbocycles. The second-order valence-corrected chi connectivity index (χ2v) is 10.1. The number of rotatable bonds is 2. The third kappa shape index (κ3) is 8.21. The Morgan fingerprint density at radius 1 is 0.500 bits per heavy atom. The van der Waals surface area contributed by atoms with Crippen LogP contribution in [0.5, 0.6) is 0 Å². The molecule has 0 unspecified atom stereocenters. The first-order chi connectivity index (χ1) is 17.1. The molecule has 0 N–H and O–H groups in total. The van der Waals surface area contributed by atoms with Crippen molar-refractivity contribution in [1.29, 1.82) is 0 Å². The van der Waals surface area contributed by atoms with Gasteiger partial charge in [-0.15, -0.1) is 69.1 Å². The fourth-order valence-corrected chi connectivity index (χ4v) is 4.51. The van der Waals surface area contributed by atoms with Crippen LogP contribution in [0.25, 0.3) is 43.8 Å².